The zero-order valence-electron chi connectivity index (χ0n) is 22.2. The lowest BCUT2D eigenvalue weighted by molar-refractivity contribution is 0.00578. The summed E-state index contributed by atoms with van der Waals surface area (Å²) >= 11 is 0. The van der Waals surface area contributed by atoms with Crippen LogP contribution in [-0.2, 0) is 14.0 Å². The minimum Gasteiger partial charge on any atom is -0.444 e. The highest BCUT2D eigenvalue weighted by Crippen LogP contribution is 2.37. The SMILES string of the molecule is CC1CN(C(=O)OC(C)(C)C)CCN1C(=O)c1ccc2c(B3OC(C)(C)C(C)(C)O3)cccc2c1. The first-order valence-electron chi connectivity index (χ1n) is 12.4. The van der Waals surface area contributed by atoms with Gasteiger partial charge in [0, 0.05) is 31.2 Å². The normalized spacial score (nSPS) is 21.9. The van der Waals surface area contributed by atoms with Gasteiger partial charge in [-0.15, -0.1) is 0 Å². The van der Waals surface area contributed by atoms with Crippen molar-refractivity contribution in [1.82, 2.24) is 9.80 Å². The summed E-state index contributed by atoms with van der Waals surface area (Å²) in [4.78, 5) is 29.4. The van der Waals surface area contributed by atoms with Gasteiger partial charge in [0.05, 0.1) is 11.2 Å². The molecule has 0 saturated carbocycles. The van der Waals surface area contributed by atoms with E-state index in [9.17, 15) is 9.59 Å². The molecule has 0 bridgehead atoms. The van der Waals surface area contributed by atoms with E-state index >= 15 is 0 Å². The quantitative estimate of drug-likeness (QED) is 0.603. The van der Waals surface area contributed by atoms with Crippen LogP contribution in [0.4, 0.5) is 4.79 Å². The Morgan fingerprint density at radius 3 is 2.29 bits per heavy atom. The van der Waals surface area contributed by atoms with E-state index in [0.29, 0.717) is 25.2 Å². The third-order valence-corrected chi connectivity index (χ3v) is 7.21. The molecule has 2 aliphatic heterocycles. The van der Waals surface area contributed by atoms with E-state index < -0.39 is 23.9 Å². The molecule has 2 heterocycles. The van der Waals surface area contributed by atoms with Gasteiger partial charge < -0.3 is 23.8 Å². The van der Waals surface area contributed by atoms with Crippen molar-refractivity contribution in [1.29, 1.82) is 0 Å². The fourth-order valence-corrected chi connectivity index (χ4v) is 4.53. The van der Waals surface area contributed by atoms with Crippen LogP contribution < -0.4 is 5.46 Å². The van der Waals surface area contributed by atoms with Gasteiger partial charge in [-0.25, -0.2) is 4.79 Å². The van der Waals surface area contributed by atoms with Gasteiger partial charge in [-0.1, -0.05) is 24.3 Å². The Kier molecular flexibility index (Phi) is 6.43. The van der Waals surface area contributed by atoms with Gasteiger partial charge in [-0.05, 0) is 83.8 Å². The van der Waals surface area contributed by atoms with Crippen molar-refractivity contribution in [2.75, 3.05) is 19.6 Å². The zero-order valence-corrected chi connectivity index (χ0v) is 22.2. The van der Waals surface area contributed by atoms with Crippen molar-refractivity contribution in [2.24, 2.45) is 0 Å². The first kappa shape index (κ1) is 25.5. The summed E-state index contributed by atoms with van der Waals surface area (Å²) in [6.45, 7) is 17.0. The Hall–Kier alpha value is -2.58. The van der Waals surface area contributed by atoms with E-state index in [0.717, 1.165) is 16.2 Å². The van der Waals surface area contributed by atoms with Gasteiger partial charge in [0.2, 0.25) is 0 Å². The van der Waals surface area contributed by atoms with Crippen molar-refractivity contribution in [3.63, 3.8) is 0 Å². The van der Waals surface area contributed by atoms with Crippen LogP contribution in [0, 0.1) is 0 Å². The Morgan fingerprint density at radius 1 is 1.03 bits per heavy atom. The van der Waals surface area contributed by atoms with E-state index in [2.05, 4.69) is 0 Å². The molecule has 2 aliphatic rings. The van der Waals surface area contributed by atoms with E-state index in [4.69, 9.17) is 14.0 Å². The number of hydrogen-bond acceptors (Lipinski definition) is 5. The lowest BCUT2D eigenvalue weighted by atomic mass is 9.76. The highest BCUT2D eigenvalue weighted by molar-refractivity contribution is 6.65. The number of fused-ring (bicyclic) bond motifs is 1. The number of rotatable bonds is 2. The average molecular weight is 480 g/mol. The third-order valence-electron chi connectivity index (χ3n) is 7.21. The molecule has 2 amide bonds. The number of amides is 2. The number of benzene rings is 2. The minimum atomic E-state index is -0.544. The minimum absolute atomic E-state index is 0.0377. The van der Waals surface area contributed by atoms with Gasteiger partial charge in [-0.3, -0.25) is 4.79 Å². The third kappa shape index (κ3) is 5.05. The van der Waals surface area contributed by atoms with Gasteiger partial charge in [0.1, 0.15) is 5.60 Å². The van der Waals surface area contributed by atoms with Crippen LogP contribution in [0.5, 0.6) is 0 Å². The predicted molar refractivity (Wildman–Crippen MR) is 138 cm³/mol. The van der Waals surface area contributed by atoms with Crippen molar-refractivity contribution in [3.8, 4) is 0 Å². The summed E-state index contributed by atoms with van der Waals surface area (Å²) in [5.41, 5.74) is 0.193. The first-order chi connectivity index (χ1) is 16.2. The average Bonchev–Trinajstić information content (AvgIpc) is 2.98. The summed E-state index contributed by atoms with van der Waals surface area (Å²) < 4.78 is 18.0. The molecule has 2 saturated heterocycles. The standard InChI is InChI=1S/C27H37BN2O5/c1-18-17-29(24(32)33-25(2,3)4)14-15-30(18)23(31)20-12-13-21-19(16-20)10-9-11-22(21)28-34-26(5,6)27(7,8)35-28/h9-13,16,18H,14-15,17H2,1-8H3. The fraction of sp³-hybridized carbons (Fsp3) is 0.556. The largest absolute Gasteiger partial charge is 0.495 e. The molecule has 8 heteroatoms. The zero-order chi connectivity index (χ0) is 25.8. The summed E-state index contributed by atoms with van der Waals surface area (Å²) in [6, 6.07) is 11.7. The molecule has 188 valence electrons. The van der Waals surface area contributed by atoms with Crippen molar-refractivity contribution in [3.05, 3.63) is 42.0 Å². The number of hydrogen-bond donors (Lipinski definition) is 0. The highest BCUT2D eigenvalue weighted by atomic mass is 16.7. The van der Waals surface area contributed by atoms with Crippen LogP contribution in [0.25, 0.3) is 10.8 Å². The molecule has 0 spiro atoms. The Morgan fingerprint density at radius 2 is 1.69 bits per heavy atom. The summed E-state index contributed by atoms with van der Waals surface area (Å²) in [5, 5.41) is 1.97. The maximum Gasteiger partial charge on any atom is 0.495 e. The Labute approximate surface area is 208 Å². The van der Waals surface area contributed by atoms with Gasteiger partial charge >= 0.3 is 13.2 Å². The molecular formula is C27H37BN2O5. The first-order valence-corrected chi connectivity index (χ1v) is 12.4. The predicted octanol–water partition coefficient (Wildman–Crippen LogP) is 4.22. The number of carbonyl (C=O) groups is 2. The van der Waals surface area contributed by atoms with Crippen LogP contribution in [0.2, 0.25) is 0 Å². The van der Waals surface area contributed by atoms with E-state index in [-0.39, 0.29) is 18.0 Å². The smallest absolute Gasteiger partial charge is 0.444 e. The van der Waals surface area contributed by atoms with Gasteiger partial charge in [0.25, 0.3) is 5.91 Å². The number of piperazine rings is 1. The van der Waals surface area contributed by atoms with Crippen molar-refractivity contribution < 1.29 is 23.6 Å². The lowest BCUT2D eigenvalue weighted by Gasteiger charge is -2.40. The maximum atomic E-state index is 13.4. The van der Waals surface area contributed by atoms with Crippen molar-refractivity contribution in [2.45, 2.75) is 78.2 Å². The summed E-state index contributed by atoms with van der Waals surface area (Å²) in [6.07, 6.45) is -0.336. The topological polar surface area (TPSA) is 68.3 Å². The van der Waals surface area contributed by atoms with Gasteiger partial charge in [0.15, 0.2) is 0 Å². The second-order valence-corrected chi connectivity index (χ2v) is 11.6. The number of nitrogens with zero attached hydrogens (tertiary/aromatic N) is 2. The Balaban J connectivity index is 1.51. The molecular weight excluding hydrogens is 443 g/mol. The van der Waals surface area contributed by atoms with Crippen molar-refractivity contribution >= 4 is 35.4 Å². The fourth-order valence-electron chi connectivity index (χ4n) is 4.53. The summed E-state index contributed by atoms with van der Waals surface area (Å²) in [7, 11) is -0.466. The molecule has 0 aromatic heterocycles. The second-order valence-electron chi connectivity index (χ2n) is 11.6. The molecule has 0 N–H and O–H groups in total. The molecule has 35 heavy (non-hydrogen) atoms. The molecule has 1 atom stereocenters. The van der Waals surface area contributed by atoms with Crippen LogP contribution in [0.15, 0.2) is 36.4 Å². The van der Waals surface area contributed by atoms with E-state index in [1.807, 2.05) is 96.7 Å². The molecule has 2 fully saturated rings. The molecule has 2 aromatic rings. The lowest BCUT2D eigenvalue weighted by Crippen LogP contribution is -2.56. The van der Waals surface area contributed by atoms with E-state index in [1.54, 1.807) is 4.90 Å². The maximum absolute atomic E-state index is 13.4. The van der Waals surface area contributed by atoms with Crippen LogP contribution in [0.1, 0.15) is 65.7 Å². The monoisotopic (exact) mass is 480 g/mol. The van der Waals surface area contributed by atoms with Crippen LogP contribution in [-0.4, -0.2) is 71.4 Å². The molecule has 4 rings (SSSR count). The van der Waals surface area contributed by atoms with E-state index in [1.165, 1.54) is 0 Å². The molecule has 0 radical (unpaired) electrons. The second kappa shape index (κ2) is 8.82. The van der Waals surface area contributed by atoms with Crippen LogP contribution >= 0.6 is 0 Å². The molecule has 7 nitrogen and oxygen atoms in total. The summed E-state index contributed by atoms with van der Waals surface area (Å²) in [5.74, 6) is -0.0377. The number of carbonyl (C=O) groups excluding carboxylic acids is 2. The number of ether oxygens (including phenoxy) is 1. The molecule has 1 unspecified atom stereocenters. The highest BCUT2D eigenvalue weighted by Gasteiger charge is 2.52. The van der Waals surface area contributed by atoms with Gasteiger partial charge in [-0.2, -0.15) is 0 Å². The Bertz CT molecular complexity index is 1120. The molecule has 2 aromatic carbocycles. The molecule has 0 aliphatic carbocycles. The van der Waals surface area contributed by atoms with Crippen LogP contribution in [0.3, 0.4) is 0 Å².